The minimum absolute atomic E-state index is 0.0233. The lowest BCUT2D eigenvalue weighted by atomic mass is 9.47. The molecule has 0 aliphatic heterocycles. The highest BCUT2D eigenvalue weighted by Crippen LogP contribution is 2.67. The molecule has 5 rings (SSSR count). The molecule has 1 aromatic carbocycles. The first-order valence-corrected chi connectivity index (χ1v) is 15.8. The van der Waals surface area contributed by atoms with Gasteiger partial charge in [-0.15, -0.1) is 0 Å². The summed E-state index contributed by atoms with van der Waals surface area (Å²) < 4.78 is 5.95. The molecule has 0 radical (unpaired) electrons. The zero-order valence-electron chi connectivity index (χ0n) is 24.8. The van der Waals surface area contributed by atoms with E-state index >= 15 is 0 Å². The van der Waals surface area contributed by atoms with Crippen molar-refractivity contribution in [2.24, 2.45) is 46.3 Å². The Morgan fingerprint density at radius 1 is 1.00 bits per heavy atom. The first kappa shape index (κ1) is 27.7. The number of benzene rings is 1. The third-order valence-electron chi connectivity index (χ3n) is 11.8. The summed E-state index contributed by atoms with van der Waals surface area (Å²) in [5.74, 6) is 4.97. The van der Waals surface area contributed by atoms with Gasteiger partial charge in [0.15, 0.2) is 0 Å². The second kappa shape index (κ2) is 11.3. The minimum atomic E-state index is -0.204. The number of hydrogen-bond acceptors (Lipinski definition) is 2. The molecule has 0 aromatic heterocycles. The van der Waals surface area contributed by atoms with E-state index in [2.05, 4.69) is 40.7 Å². The van der Waals surface area contributed by atoms with Crippen LogP contribution < -0.4 is 0 Å². The zero-order valence-corrected chi connectivity index (χ0v) is 24.8. The van der Waals surface area contributed by atoms with E-state index < -0.39 is 0 Å². The lowest BCUT2D eigenvalue weighted by molar-refractivity contribution is -0.145. The van der Waals surface area contributed by atoms with Crippen molar-refractivity contribution in [2.45, 2.75) is 111 Å². The molecule has 1 aromatic rings. The van der Waals surface area contributed by atoms with E-state index in [-0.39, 0.29) is 12.1 Å². The van der Waals surface area contributed by atoms with E-state index in [0.717, 1.165) is 53.9 Å². The number of hydrogen-bond donors (Lipinski definition) is 0. The predicted octanol–water partition coefficient (Wildman–Crippen LogP) is 9.65. The van der Waals surface area contributed by atoms with Crippen molar-refractivity contribution in [3.63, 3.8) is 0 Å². The Bertz CT molecular complexity index is 1020. The Kier molecular flexibility index (Phi) is 8.28. The third kappa shape index (κ3) is 5.44. The third-order valence-corrected chi connectivity index (χ3v) is 11.8. The van der Waals surface area contributed by atoms with Gasteiger partial charge in [-0.05, 0) is 103 Å². The molecule has 4 aliphatic rings. The van der Waals surface area contributed by atoms with Crippen LogP contribution in [0.25, 0.3) is 6.08 Å². The first-order chi connectivity index (χ1) is 18.2. The maximum Gasteiger partial charge on any atom is 0.331 e. The predicted molar refractivity (Wildman–Crippen MR) is 158 cm³/mol. The average molecular weight is 517 g/mol. The van der Waals surface area contributed by atoms with Crippen molar-refractivity contribution >= 4 is 12.0 Å². The molecular formula is C36H52O2. The summed E-state index contributed by atoms with van der Waals surface area (Å²) in [6.45, 7) is 12.6. The Morgan fingerprint density at radius 2 is 1.79 bits per heavy atom. The normalized spacial score (nSPS) is 37.3. The van der Waals surface area contributed by atoms with E-state index in [1.807, 2.05) is 36.4 Å². The number of fused-ring (bicyclic) bond motifs is 5. The molecule has 0 unspecified atom stereocenters. The van der Waals surface area contributed by atoms with Crippen molar-refractivity contribution in [1.82, 2.24) is 0 Å². The number of ether oxygens (including phenoxy) is 1. The molecule has 8 atom stereocenters. The molecule has 0 saturated heterocycles. The van der Waals surface area contributed by atoms with Crippen molar-refractivity contribution < 1.29 is 9.53 Å². The summed E-state index contributed by atoms with van der Waals surface area (Å²) in [6.07, 6.45) is 20.3. The molecule has 2 heteroatoms. The van der Waals surface area contributed by atoms with Gasteiger partial charge in [0.05, 0.1) is 0 Å². The topological polar surface area (TPSA) is 26.3 Å². The SMILES string of the molecule is CC(C)CCC[C@@H](C)[C@H]1CC[C@@H]2[C@H]3CC=C4C[C@@H](OC(=O)C=Cc5ccccc5)CC[C@]4(C)[C@H]3CC[C@@]21C. The fraction of sp³-hybridized carbons (Fsp3) is 0.694. The van der Waals surface area contributed by atoms with Crippen LogP contribution in [0.2, 0.25) is 0 Å². The second-order valence-corrected chi connectivity index (χ2v) is 14.3. The van der Waals surface area contributed by atoms with E-state index in [0.29, 0.717) is 10.8 Å². The van der Waals surface area contributed by atoms with E-state index in [1.165, 1.54) is 57.8 Å². The van der Waals surface area contributed by atoms with Crippen molar-refractivity contribution in [1.29, 1.82) is 0 Å². The lowest BCUT2D eigenvalue weighted by Crippen LogP contribution is -2.51. The summed E-state index contributed by atoms with van der Waals surface area (Å²) in [7, 11) is 0. The van der Waals surface area contributed by atoms with Crippen molar-refractivity contribution in [2.75, 3.05) is 0 Å². The maximum absolute atomic E-state index is 12.6. The summed E-state index contributed by atoms with van der Waals surface area (Å²) in [5.41, 5.74) is 3.46. The summed E-state index contributed by atoms with van der Waals surface area (Å²) in [6, 6.07) is 9.99. The van der Waals surface area contributed by atoms with Crippen LogP contribution in [-0.2, 0) is 9.53 Å². The van der Waals surface area contributed by atoms with Gasteiger partial charge in [0.1, 0.15) is 6.10 Å². The van der Waals surface area contributed by atoms with Crippen LogP contribution in [0.15, 0.2) is 48.1 Å². The maximum atomic E-state index is 12.6. The van der Waals surface area contributed by atoms with Gasteiger partial charge in [0, 0.05) is 12.5 Å². The number of carbonyl (C=O) groups is 1. The highest BCUT2D eigenvalue weighted by Gasteiger charge is 2.59. The number of allylic oxidation sites excluding steroid dienone is 1. The van der Waals surface area contributed by atoms with Crippen LogP contribution in [0.1, 0.15) is 111 Å². The first-order valence-electron chi connectivity index (χ1n) is 15.8. The van der Waals surface area contributed by atoms with Gasteiger partial charge in [-0.2, -0.15) is 0 Å². The average Bonchev–Trinajstić information content (AvgIpc) is 3.25. The molecule has 2 nitrogen and oxygen atoms in total. The molecule has 38 heavy (non-hydrogen) atoms. The number of rotatable bonds is 8. The van der Waals surface area contributed by atoms with E-state index in [1.54, 1.807) is 11.6 Å². The van der Waals surface area contributed by atoms with Crippen molar-refractivity contribution in [3.8, 4) is 0 Å². The monoisotopic (exact) mass is 516 g/mol. The molecule has 0 heterocycles. The van der Waals surface area contributed by atoms with Gasteiger partial charge in [0.2, 0.25) is 0 Å². The van der Waals surface area contributed by atoms with Crippen molar-refractivity contribution in [3.05, 3.63) is 53.6 Å². The summed E-state index contributed by atoms with van der Waals surface area (Å²) in [5, 5.41) is 0. The molecular weight excluding hydrogens is 464 g/mol. The van der Waals surface area contributed by atoms with Crippen LogP contribution in [0.3, 0.4) is 0 Å². The second-order valence-electron chi connectivity index (χ2n) is 14.3. The highest BCUT2D eigenvalue weighted by molar-refractivity contribution is 5.87. The summed E-state index contributed by atoms with van der Waals surface area (Å²) >= 11 is 0. The van der Waals surface area contributed by atoms with Gasteiger partial charge in [-0.1, -0.05) is 95.9 Å². The zero-order chi connectivity index (χ0) is 26.9. The Hall–Kier alpha value is -1.83. The van der Waals surface area contributed by atoms with Gasteiger partial charge >= 0.3 is 5.97 Å². The Morgan fingerprint density at radius 3 is 2.55 bits per heavy atom. The van der Waals surface area contributed by atoms with Gasteiger partial charge < -0.3 is 4.74 Å². The Labute approximate surface area is 232 Å². The highest BCUT2D eigenvalue weighted by atomic mass is 16.5. The smallest absolute Gasteiger partial charge is 0.331 e. The quantitative estimate of drug-likeness (QED) is 0.195. The van der Waals surface area contributed by atoms with Gasteiger partial charge in [-0.3, -0.25) is 0 Å². The lowest BCUT2D eigenvalue weighted by Gasteiger charge is -2.58. The van der Waals surface area contributed by atoms with E-state index in [9.17, 15) is 4.79 Å². The van der Waals surface area contributed by atoms with Crippen LogP contribution in [0.5, 0.6) is 0 Å². The van der Waals surface area contributed by atoms with Crippen LogP contribution in [0.4, 0.5) is 0 Å². The molecule has 0 bridgehead atoms. The molecule has 0 spiro atoms. The number of carbonyl (C=O) groups excluding carboxylic acids is 1. The summed E-state index contributed by atoms with van der Waals surface area (Å²) in [4.78, 5) is 12.6. The van der Waals surface area contributed by atoms with Gasteiger partial charge in [0.25, 0.3) is 0 Å². The molecule has 3 fully saturated rings. The molecule has 4 aliphatic carbocycles. The Balaban J connectivity index is 1.22. The van der Waals surface area contributed by atoms with Crippen LogP contribution >= 0.6 is 0 Å². The van der Waals surface area contributed by atoms with Crippen LogP contribution in [0, 0.1) is 46.3 Å². The van der Waals surface area contributed by atoms with Gasteiger partial charge in [-0.25, -0.2) is 4.79 Å². The molecule has 208 valence electrons. The molecule has 3 saturated carbocycles. The fourth-order valence-electron chi connectivity index (χ4n) is 9.68. The standard InChI is InChI=1S/C36H52O2/c1-25(2)10-9-11-26(3)31-17-18-32-30-16-15-28-24-29(38-34(37)19-14-27-12-7-6-8-13-27)20-22-35(28,4)33(30)21-23-36(31,32)5/h6-8,12-15,19,25-26,29-33H,9-11,16-18,20-24H2,1-5H3/t26-,29+,30-,31-,32-,33+,35+,36-/m1/s1. The minimum Gasteiger partial charge on any atom is -0.459 e. The molecule has 0 amide bonds. The largest absolute Gasteiger partial charge is 0.459 e. The van der Waals surface area contributed by atoms with Crippen LogP contribution in [-0.4, -0.2) is 12.1 Å². The van der Waals surface area contributed by atoms with E-state index in [4.69, 9.17) is 4.74 Å². The molecule has 0 N–H and O–H groups in total. The number of esters is 1. The fourth-order valence-corrected chi connectivity index (χ4v) is 9.68.